The van der Waals surface area contributed by atoms with Gasteiger partial charge in [0, 0.05) is 28.1 Å². The van der Waals surface area contributed by atoms with Gasteiger partial charge < -0.3 is 9.64 Å². The van der Waals surface area contributed by atoms with E-state index in [4.69, 9.17) is 4.74 Å². The molecule has 2 nitrogen and oxygen atoms in total. The van der Waals surface area contributed by atoms with Crippen LogP contribution in [0.3, 0.4) is 0 Å². The van der Waals surface area contributed by atoms with E-state index in [-0.39, 0.29) is 0 Å². The first-order valence-electron chi connectivity index (χ1n) is 20.5. The predicted molar refractivity (Wildman–Crippen MR) is 251 cm³/mol. The van der Waals surface area contributed by atoms with Gasteiger partial charge in [0.2, 0.25) is 0 Å². The smallest absolute Gasteiger partial charge is 0.159 e. The van der Waals surface area contributed by atoms with Gasteiger partial charge in [-0.05, 0) is 103 Å². The molecule has 11 rings (SSSR count). The molecule has 0 N–H and O–H groups in total. The van der Waals surface area contributed by atoms with Crippen molar-refractivity contribution in [2.45, 2.75) is 0 Å². The maximum absolute atomic E-state index is 7.32. The lowest BCUT2D eigenvalue weighted by Gasteiger charge is -2.28. The molecule has 10 aromatic rings. The molecule has 0 saturated heterocycles. The summed E-state index contributed by atoms with van der Waals surface area (Å²) in [5.74, 6) is 1.64. The van der Waals surface area contributed by atoms with Crippen LogP contribution in [0.25, 0.3) is 77.5 Å². The van der Waals surface area contributed by atoms with Crippen molar-refractivity contribution in [2.75, 3.05) is 4.90 Å². The van der Waals surface area contributed by atoms with Crippen LogP contribution in [0.4, 0.5) is 17.1 Å². The van der Waals surface area contributed by atoms with Crippen molar-refractivity contribution in [2.24, 2.45) is 0 Å². The second-order valence-corrected chi connectivity index (χ2v) is 15.3. The minimum Gasteiger partial charge on any atom is -0.454 e. The van der Waals surface area contributed by atoms with Crippen molar-refractivity contribution in [3.8, 4) is 78.3 Å². The Hall–Kier alpha value is -7.94. The number of ether oxygens (including phenoxy) is 1. The van der Waals surface area contributed by atoms with E-state index in [0.717, 1.165) is 72.9 Å². The molecule has 0 aromatic heterocycles. The van der Waals surface area contributed by atoms with Gasteiger partial charge in [0.25, 0.3) is 0 Å². The molecule has 0 bridgehead atoms. The molecular weight excluding hydrogens is 727 g/mol. The van der Waals surface area contributed by atoms with Gasteiger partial charge in [0.1, 0.15) is 5.75 Å². The Labute approximate surface area is 350 Å². The first-order chi connectivity index (χ1) is 29.7. The Morgan fingerprint density at radius 2 is 0.717 bits per heavy atom. The second-order valence-electron chi connectivity index (χ2n) is 15.3. The van der Waals surface area contributed by atoms with Gasteiger partial charge in [0.15, 0.2) is 5.75 Å². The summed E-state index contributed by atoms with van der Waals surface area (Å²) in [7, 11) is 0. The van der Waals surface area contributed by atoms with Crippen molar-refractivity contribution in [3.63, 3.8) is 0 Å². The molecule has 0 amide bonds. The molecule has 0 spiro atoms. The SMILES string of the molecule is c1ccc(-c2ccc(-c3ccc(N(c4ccccc4)c4cccc5c4Oc4cc6ccccc6cc4-c4cccc(-c6ccc(-c7ccccc7)cc6)c4-5)cc3)cc2)cc1. The topological polar surface area (TPSA) is 12.5 Å². The Bertz CT molecular complexity index is 3120. The van der Waals surface area contributed by atoms with E-state index >= 15 is 0 Å². The van der Waals surface area contributed by atoms with Crippen molar-refractivity contribution in [1.82, 2.24) is 0 Å². The average Bonchev–Trinajstić information content (AvgIpc) is 3.47. The van der Waals surface area contributed by atoms with Crippen molar-refractivity contribution >= 4 is 27.8 Å². The van der Waals surface area contributed by atoms with Crippen LogP contribution in [0.2, 0.25) is 0 Å². The van der Waals surface area contributed by atoms with Crippen LogP contribution < -0.4 is 9.64 Å². The van der Waals surface area contributed by atoms with Gasteiger partial charge in [-0.15, -0.1) is 0 Å². The maximum Gasteiger partial charge on any atom is 0.159 e. The van der Waals surface area contributed by atoms with Gasteiger partial charge in [-0.3, -0.25) is 0 Å². The summed E-state index contributed by atoms with van der Waals surface area (Å²) >= 11 is 0. The number of benzene rings is 10. The normalized spacial score (nSPS) is 11.5. The number of fused-ring (bicyclic) bond motifs is 6. The predicted octanol–water partition coefficient (Wildman–Crippen LogP) is 16.4. The monoisotopic (exact) mass is 765 g/mol. The van der Waals surface area contributed by atoms with Gasteiger partial charge in [-0.25, -0.2) is 0 Å². The molecule has 282 valence electrons. The van der Waals surface area contributed by atoms with Crippen molar-refractivity contribution < 1.29 is 4.74 Å². The van der Waals surface area contributed by atoms with Crippen molar-refractivity contribution in [1.29, 1.82) is 0 Å². The molecule has 0 fully saturated rings. The lowest BCUT2D eigenvalue weighted by atomic mass is 9.86. The van der Waals surface area contributed by atoms with Crippen LogP contribution in [0, 0.1) is 0 Å². The summed E-state index contributed by atoms with van der Waals surface area (Å²) in [6, 6.07) is 84.7. The third-order valence-corrected chi connectivity index (χ3v) is 11.7. The van der Waals surface area contributed by atoms with E-state index in [1.807, 2.05) is 0 Å². The molecule has 0 radical (unpaired) electrons. The zero-order valence-electron chi connectivity index (χ0n) is 32.9. The third kappa shape index (κ3) is 6.41. The highest BCUT2D eigenvalue weighted by Gasteiger charge is 2.28. The molecular formula is C58H39NO. The summed E-state index contributed by atoms with van der Waals surface area (Å²) < 4.78 is 7.32. The number of nitrogens with zero attached hydrogens (tertiary/aromatic N) is 1. The Kier molecular flexibility index (Phi) is 8.87. The molecule has 0 unspecified atom stereocenters. The van der Waals surface area contributed by atoms with E-state index in [0.29, 0.717) is 0 Å². The summed E-state index contributed by atoms with van der Waals surface area (Å²) in [6.07, 6.45) is 0. The van der Waals surface area contributed by atoms with Crippen LogP contribution in [0.15, 0.2) is 237 Å². The highest BCUT2D eigenvalue weighted by Crippen LogP contribution is 2.55. The van der Waals surface area contributed by atoms with E-state index in [1.165, 1.54) is 33.2 Å². The van der Waals surface area contributed by atoms with Gasteiger partial charge in [-0.2, -0.15) is 0 Å². The summed E-state index contributed by atoms with van der Waals surface area (Å²) in [4.78, 5) is 2.32. The van der Waals surface area contributed by atoms with E-state index in [9.17, 15) is 0 Å². The van der Waals surface area contributed by atoms with Crippen LogP contribution in [-0.4, -0.2) is 0 Å². The summed E-state index contributed by atoms with van der Waals surface area (Å²) in [5, 5.41) is 2.31. The maximum atomic E-state index is 7.32. The Morgan fingerprint density at radius 3 is 1.32 bits per heavy atom. The fourth-order valence-corrected chi connectivity index (χ4v) is 8.70. The largest absolute Gasteiger partial charge is 0.454 e. The number of hydrogen-bond donors (Lipinski definition) is 0. The van der Waals surface area contributed by atoms with Gasteiger partial charge >= 0.3 is 0 Å². The average molecular weight is 766 g/mol. The molecule has 0 atom stereocenters. The van der Waals surface area contributed by atoms with Crippen LogP contribution in [0.1, 0.15) is 0 Å². The number of anilines is 3. The van der Waals surface area contributed by atoms with E-state index < -0.39 is 0 Å². The molecule has 60 heavy (non-hydrogen) atoms. The molecule has 1 aliphatic heterocycles. The fraction of sp³-hybridized carbons (Fsp3) is 0. The number of hydrogen-bond acceptors (Lipinski definition) is 2. The molecule has 0 aliphatic carbocycles. The van der Waals surface area contributed by atoms with Crippen LogP contribution in [0.5, 0.6) is 11.5 Å². The summed E-state index contributed by atoms with van der Waals surface area (Å²) in [6.45, 7) is 0. The highest BCUT2D eigenvalue weighted by molar-refractivity contribution is 6.04. The first kappa shape index (κ1) is 35.2. The molecule has 2 heteroatoms. The first-order valence-corrected chi connectivity index (χ1v) is 20.5. The standard InChI is InChI=1S/C58H39NO/c1-4-14-40(15-5-1)42-26-28-44(29-27-42)45-34-36-50(37-35-45)59(49-20-8-3-9-21-49)55-25-13-24-53-57-51(46-32-30-43(31-33-46)41-16-6-2-7-17-41)22-12-23-52(57)54-38-47-18-10-11-19-48(47)39-56(54)60-58(53)55/h1-39H. The number of para-hydroxylation sites is 2. The third-order valence-electron chi connectivity index (χ3n) is 11.7. The molecule has 1 aliphatic rings. The van der Waals surface area contributed by atoms with Crippen molar-refractivity contribution in [3.05, 3.63) is 237 Å². The highest BCUT2D eigenvalue weighted by atomic mass is 16.5. The number of rotatable bonds is 7. The fourth-order valence-electron chi connectivity index (χ4n) is 8.70. The summed E-state index contributed by atoms with van der Waals surface area (Å²) in [5.41, 5.74) is 16.9. The van der Waals surface area contributed by atoms with Crippen LogP contribution in [-0.2, 0) is 0 Å². The van der Waals surface area contributed by atoms with Crippen LogP contribution >= 0.6 is 0 Å². The molecule has 0 saturated carbocycles. The zero-order valence-corrected chi connectivity index (χ0v) is 32.9. The van der Waals surface area contributed by atoms with E-state index in [1.54, 1.807) is 0 Å². The minimum atomic E-state index is 0.811. The second kappa shape index (κ2) is 15.1. The zero-order chi connectivity index (χ0) is 39.8. The Morgan fingerprint density at radius 1 is 0.283 bits per heavy atom. The molecule has 10 aromatic carbocycles. The molecule has 1 heterocycles. The quantitative estimate of drug-likeness (QED) is 0.160. The van der Waals surface area contributed by atoms with E-state index in [2.05, 4.69) is 241 Å². The lowest BCUT2D eigenvalue weighted by molar-refractivity contribution is 0.489. The Balaban J connectivity index is 1.07. The van der Waals surface area contributed by atoms with Gasteiger partial charge in [-0.1, -0.05) is 194 Å². The lowest BCUT2D eigenvalue weighted by Crippen LogP contribution is -2.11. The minimum absolute atomic E-state index is 0.811. The van der Waals surface area contributed by atoms with Gasteiger partial charge in [0.05, 0.1) is 5.69 Å².